The summed E-state index contributed by atoms with van der Waals surface area (Å²) in [7, 11) is 0. The lowest BCUT2D eigenvalue weighted by Gasteiger charge is -2.38. The zero-order valence-corrected chi connectivity index (χ0v) is 25.0. The van der Waals surface area contributed by atoms with Crippen molar-refractivity contribution in [1.29, 1.82) is 10.5 Å². The highest BCUT2D eigenvalue weighted by Crippen LogP contribution is 2.36. The summed E-state index contributed by atoms with van der Waals surface area (Å²) in [5, 5.41) is 29.5. The smallest absolute Gasteiger partial charge is 0.409 e. The number of carbonyl (C=O) groups excluding carboxylic acids is 1. The van der Waals surface area contributed by atoms with Gasteiger partial charge in [0.15, 0.2) is 6.07 Å². The fraction of sp³-hybridized carbons (Fsp3) is 0.517. The molecule has 1 aromatic carbocycles. The third-order valence-corrected chi connectivity index (χ3v) is 8.78. The van der Waals surface area contributed by atoms with E-state index in [-0.39, 0.29) is 6.09 Å². The SMILES string of the molecule is CCOC(=O)N1CCC(NC2CCN(c3cc(C#N)cc(NN4C=C(NC5CC5)C5=NC=C(C#N)[NH+]5N4)c3Cl)CC2)CC1. The topological polar surface area (TPSA) is 149 Å². The maximum Gasteiger partial charge on any atom is 0.409 e. The number of nitriles is 2. The molecule has 5 aliphatic rings. The molecule has 14 heteroatoms. The molecule has 0 spiro atoms. The van der Waals surface area contributed by atoms with Crippen LogP contribution < -0.4 is 31.5 Å². The Bertz CT molecular complexity index is 1410. The highest BCUT2D eigenvalue weighted by molar-refractivity contribution is 6.36. The van der Waals surface area contributed by atoms with Gasteiger partial charge in [-0.3, -0.25) is 5.43 Å². The number of halogens is 1. The Morgan fingerprint density at radius 2 is 1.81 bits per heavy atom. The molecule has 6 rings (SSSR count). The molecule has 4 heterocycles. The van der Waals surface area contributed by atoms with Crippen LogP contribution in [0.15, 0.2) is 40.9 Å². The number of aliphatic imine (C=N–C) groups is 1. The fourth-order valence-corrected chi connectivity index (χ4v) is 6.19. The molecule has 0 aromatic heterocycles. The number of carbonyl (C=O) groups is 1. The van der Waals surface area contributed by atoms with Crippen molar-refractivity contribution in [2.45, 2.75) is 63.6 Å². The number of hydrogen-bond acceptors (Lipinski definition) is 11. The van der Waals surface area contributed by atoms with Crippen LogP contribution in [0.3, 0.4) is 0 Å². The van der Waals surface area contributed by atoms with Crippen molar-refractivity contribution in [2.75, 3.05) is 43.1 Å². The van der Waals surface area contributed by atoms with Gasteiger partial charge < -0.3 is 25.2 Å². The van der Waals surface area contributed by atoms with E-state index in [2.05, 4.69) is 43.6 Å². The van der Waals surface area contributed by atoms with E-state index in [0.29, 0.717) is 70.6 Å². The zero-order valence-electron chi connectivity index (χ0n) is 24.2. The summed E-state index contributed by atoms with van der Waals surface area (Å²) in [6.45, 7) is 5.26. The lowest BCUT2D eigenvalue weighted by Crippen LogP contribution is -3.21. The van der Waals surface area contributed by atoms with Crippen molar-refractivity contribution in [3.05, 3.63) is 46.5 Å². The molecule has 1 unspecified atom stereocenters. The van der Waals surface area contributed by atoms with Gasteiger partial charge in [-0.15, -0.1) is 5.01 Å². The molecular weight excluding hydrogens is 570 g/mol. The first-order chi connectivity index (χ1) is 20.9. The van der Waals surface area contributed by atoms with Gasteiger partial charge in [-0.25, -0.2) is 4.79 Å². The molecule has 1 aliphatic carbocycles. The Labute approximate surface area is 256 Å². The van der Waals surface area contributed by atoms with Gasteiger partial charge in [-0.1, -0.05) is 11.6 Å². The van der Waals surface area contributed by atoms with Crippen LogP contribution in [0, 0.1) is 22.7 Å². The molecule has 1 amide bonds. The first-order valence-electron chi connectivity index (χ1n) is 15.0. The second-order valence-corrected chi connectivity index (χ2v) is 11.8. The van der Waals surface area contributed by atoms with Crippen molar-refractivity contribution in [3.63, 3.8) is 0 Å². The highest BCUT2D eigenvalue weighted by Gasteiger charge is 2.39. The third-order valence-electron chi connectivity index (χ3n) is 8.38. The van der Waals surface area contributed by atoms with Crippen molar-refractivity contribution in [3.8, 4) is 12.1 Å². The average Bonchev–Trinajstić information content (AvgIpc) is 3.74. The number of quaternary nitrogens is 1. The number of allylic oxidation sites excluding steroid dienone is 1. The third kappa shape index (κ3) is 6.50. The number of nitrogens with zero attached hydrogens (tertiary/aromatic N) is 6. The number of rotatable bonds is 8. The van der Waals surface area contributed by atoms with Gasteiger partial charge in [-0.05, 0) is 63.1 Å². The number of nitrogens with one attached hydrogen (secondary N) is 5. The van der Waals surface area contributed by atoms with Crippen LogP contribution in [0.5, 0.6) is 0 Å². The molecule has 1 aromatic rings. The lowest BCUT2D eigenvalue weighted by molar-refractivity contribution is -0.828. The van der Waals surface area contributed by atoms with Gasteiger partial charge in [0.25, 0.3) is 11.5 Å². The summed E-state index contributed by atoms with van der Waals surface area (Å²) in [4.78, 5) is 20.5. The van der Waals surface area contributed by atoms with E-state index < -0.39 is 0 Å². The lowest BCUT2D eigenvalue weighted by atomic mass is 9.99. The van der Waals surface area contributed by atoms with E-state index in [9.17, 15) is 15.3 Å². The summed E-state index contributed by atoms with van der Waals surface area (Å²) in [5.74, 6) is 0.708. The monoisotopic (exact) mass is 606 g/mol. The molecule has 4 aliphatic heterocycles. The van der Waals surface area contributed by atoms with Gasteiger partial charge >= 0.3 is 6.09 Å². The van der Waals surface area contributed by atoms with Crippen LogP contribution in [0.4, 0.5) is 16.2 Å². The summed E-state index contributed by atoms with van der Waals surface area (Å²) >= 11 is 6.99. The number of amides is 1. The van der Waals surface area contributed by atoms with E-state index in [1.165, 1.54) is 0 Å². The number of ether oxygens (including phenoxy) is 1. The standard InChI is InChI=1S/C29H36ClN11O2/c1-2-43-29(42)39-11-7-22(8-12-39)34-21-5-9-38(10-6-21)26-14-19(15-31)13-24(27(26)30)36-40-18-25(35-20-3-4-20)28-33-17-23(16-32)41(28)37-40/h13-14,17-18,20-22,34-37H,2-12H2,1H3/p+1. The van der Waals surface area contributed by atoms with Crippen molar-refractivity contribution in [1.82, 2.24) is 26.2 Å². The number of fused-ring (bicyclic) bond motifs is 1. The number of piperidine rings is 2. The Balaban J connectivity index is 1.10. The van der Waals surface area contributed by atoms with Gasteiger partial charge in [-0.2, -0.15) is 20.6 Å². The summed E-state index contributed by atoms with van der Waals surface area (Å²) in [6, 6.07) is 9.21. The molecule has 1 atom stereocenters. The molecule has 43 heavy (non-hydrogen) atoms. The number of hydrogen-bond donors (Lipinski definition) is 5. The van der Waals surface area contributed by atoms with Gasteiger partial charge in [0, 0.05) is 44.3 Å². The number of likely N-dealkylation sites (tertiary alicyclic amines) is 1. The Morgan fingerprint density at radius 3 is 2.47 bits per heavy atom. The number of hydrazine groups is 2. The molecule has 3 fully saturated rings. The number of benzene rings is 1. The van der Waals surface area contributed by atoms with E-state index >= 15 is 0 Å². The predicted molar refractivity (Wildman–Crippen MR) is 161 cm³/mol. The van der Waals surface area contributed by atoms with Gasteiger partial charge in [0.2, 0.25) is 0 Å². The molecule has 2 saturated heterocycles. The number of amidine groups is 1. The molecule has 13 nitrogen and oxygen atoms in total. The Kier molecular flexibility index (Phi) is 8.58. The second-order valence-electron chi connectivity index (χ2n) is 11.4. The molecule has 0 radical (unpaired) electrons. The number of anilines is 2. The Hall–Kier alpha value is -4.01. The summed E-state index contributed by atoms with van der Waals surface area (Å²) < 4.78 is 5.14. The van der Waals surface area contributed by atoms with Crippen LogP contribution in [0.2, 0.25) is 5.02 Å². The van der Waals surface area contributed by atoms with Crippen LogP contribution >= 0.6 is 11.6 Å². The van der Waals surface area contributed by atoms with Crippen LogP contribution in [-0.4, -0.2) is 72.9 Å². The van der Waals surface area contributed by atoms with Crippen LogP contribution in [0.25, 0.3) is 0 Å². The van der Waals surface area contributed by atoms with E-state index in [4.69, 9.17) is 16.3 Å². The van der Waals surface area contributed by atoms with Crippen molar-refractivity contribution in [2.24, 2.45) is 4.99 Å². The Morgan fingerprint density at radius 1 is 1.09 bits per heavy atom. The first kappa shape index (κ1) is 29.1. The minimum absolute atomic E-state index is 0.221. The predicted octanol–water partition coefficient (Wildman–Crippen LogP) is 1.71. The van der Waals surface area contributed by atoms with E-state index in [1.807, 2.05) is 19.2 Å². The van der Waals surface area contributed by atoms with Crippen LogP contribution in [0.1, 0.15) is 51.0 Å². The van der Waals surface area contributed by atoms with Gasteiger partial charge in [0.05, 0.1) is 40.8 Å². The minimum Gasteiger partial charge on any atom is -0.450 e. The summed E-state index contributed by atoms with van der Waals surface area (Å²) in [6.07, 6.45) is 9.13. The van der Waals surface area contributed by atoms with Crippen molar-refractivity contribution < 1.29 is 14.5 Å². The first-order valence-corrected chi connectivity index (χ1v) is 15.4. The minimum atomic E-state index is -0.221. The molecular formula is C29H37ClN11O2+. The van der Waals surface area contributed by atoms with Gasteiger partial charge in [0.1, 0.15) is 11.9 Å². The fourth-order valence-electron chi connectivity index (χ4n) is 5.92. The second kappa shape index (κ2) is 12.7. The van der Waals surface area contributed by atoms with Crippen LogP contribution in [-0.2, 0) is 4.74 Å². The van der Waals surface area contributed by atoms with E-state index in [0.717, 1.165) is 63.0 Å². The maximum atomic E-state index is 12.0. The normalized spacial score (nSPS) is 22.6. The largest absolute Gasteiger partial charge is 0.450 e. The molecule has 226 valence electrons. The molecule has 5 N–H and O–H groups in total. The molecule has 0 bridgehead atoms. The summed E-state index contributed by atoms with van der Waals surface area (Å²) in [5.41, 5.74) is 9.69. The zero-order chi connectivity index (χ0) is 29.9. The quantitative estimate of drug-likeness (QED) is 0.296. The average molecular weight is 607 g/mol. The molecule has 1 saturated carbocycles. The highest BCUT2D eigenvalue weighted by atomic mass is 35.5. The maximum absolute atomic E-state index is 12.0. The van der Waals surface area contributed by atoms with Crippen molar-refractivity contribution >= 4 is 34.9 Å². The van der Waals surface area contributed by atoms with E-state index in [1.54, 1.807) is 22.3 Å².